The summed E-state index contributed by atoms with van der Waals surface area (Å²) in [7, 11) is 1.55. The molecule has 0 saturated heterocycles. The van der Waals surface area contributed by atoms with Gasteiger partial charge in [-0.2, -0.15) is 0 Å². The maximum Gasteiger partial charge on any atom is 1.00 e. The fraction of sp³-hybridized carbons (Fsp3) is 0.867. The zero-order valence-corrected chi connectivity index (χ0v) is 19.6. The van der Waals surface area contributed by atoms with Gasteiger partial charge in [0.2, 0.25) is 5.91 Å². The molecule has 0 heterocycles. The number of unbranched alkanes of at least 4 members (excludes halogenated alkanes) is 8. The Morgan fingerprint density at radius 3 is 1.81 bits per heavy atom. The molecule has 0 aliphatic heterocycles. The van der Waals surface area contributed by atoms with Crippen molar-refractivity contribution < 1.29 is 98.5 Å². The third kappa shape index (κ3) is 19.5. The van der Waals surface area contributed by atoms with Crippen LogP contribution in [0.5, 0.6) is 0 Å². The SMILES string of the molecule is CCCCCCCCCCCC(=O)N(C)CC(=O)O.[H-].[H-].[K+].[Na+]. The minimum atomic E-state index is -0.956. The van der Waals surface area contributed by atoms with Crippen molar-refractivity contribution in [1.82, 2.24) is 4.90 Å². The van der Waals surface area contributed by atoms with Gasteiger partial charge in [-0.15, -0.1) is 0 Å². The van der Waals surface area contributed by atoms with Gasteiger partial charge in [0, 0.05) is 13.5 Å². The predicted octanol–water partition coefficient (Wildman–Crippen LogP) is -2.32. The largest absolute Gasteiger partial charge is 1.00 e. The molecular formula is C15H31KNNaO3. The summed E-state index contributed by atoms with van der Waals surface area (Å²) in [6.07, 6.45) is 11.4. The Morgan fingerprint density at radius 2 is 1.38 bits per heavy atom. The molecular weight excluding hydrogens is 304 g/mol. The standard InChI is InChI=1S/C15H29NO3.K.Na.2H/c1-3-4-5-6-7-8-9-10-11-12-14(17)16(2)13-15(18)19;;;;/h3-13H2,1-2H3,(H,18,19);;;;/q;2*+1;2*-1. The molecule has 0 radical (unpaired) electrons. The van der Waals surface area contributed by atoms with Crippen LogP contribution in [-0.2, 0) is 9.59 Å². The first-order chi connectivity index (χ1) is 9.07. The van der Waals surface area contributed by atoms with Gasteiger partial charge in [0.25, 0.3) is 0 Å². The molecule has 1 amide bonds. The number of likely N-dealkylation sites (N-methyl/N-ethyl adjacent to an activating group) is 1. The Hall–Kier alpha value is 1.58. The van der Waals surface area contributed by atoms with Gasteiger partial charge >= 0.3 is 86.9 Å². The summed E-state index contributed by atoms with van der Waals surface area (Å²) in [4.78, 5) is 23.3. The Balaban J connectivity index is -0.000000270. The molecule has 0 fully saturated rings. The van der Waals surface area contributed by atoms with Crippen LogP contribution in [-0.4, -0.2) is 35.5 Å². The summed E-state index contributed by atoms with van der Waals surface area (Å²) in [6, 6.07) is 0. The first-order valence-electron chi connectivity index (χ1n) is 7.53. The van der Waals surface area contributed by atoms with Crippen molar-refractivity contribution >= 4 is 11.9 Å². The van der Waals surface area contributed by atoms with Crippen molar-refractivity contribution in [3.8, 4) is 0 Å². The van der Waals surface area contributed by atoms with Crippen molar-refractivity contribution in [2.24, 2.45) is 0 Å². The van der Waals surface area contributed by atoms with Gasteiger partial charge in [-0.1, -0.05) is 58.3 Å². The number of aliphatic carboxylic acids is 1. The summed E-state index contributed by atoms with van der Waals surface area (Å²) < 4.78 is 0. The van der Waals surface area contributed by atoms with E-state index in [1.807, 2.05) is 0 Å². The van der Waals surface area contributed by atoms with E-state index in [-0.39, 0.29) is 96.2 Å². The quantitative estimate of drug-likeness (QED) is 0.322. The molecule has 0 atom stereocenters. The second kappa shape index (κ2) is 19.6. The van der Waals surface area contributed by atoms with Gasteiger partial charge < -0.3 is 12.9 Å². The third-order valence-electron chi connectivity index (χ3n) is 3.29. The summed E-state index contributed by atoms with van der Waals surface area (Å²) in [5.74, 6) is -1.02. The van der Waals surface area contributed by atoms with E-state index in [4.69, 9.17) is 5.11 Å². The van der Waals surface area contributed by atoms with Crippen LogP contribution in [0.25, 0.3) is 0 Å². The average molecular weight is 336 g/mol. The van der Waals surface area contributed by atoms with Crippen LogP contribution in [0.2, 0.25) is 0 Å². The van der Waals surface area contributed by atoms with Crippen molar-refractivity contribution in [2.75, 3.05) is 13.6 Å². The number of carbonyl (C=O) groups is 2. The van der Waals surface area contributed by atoms with Crippen LogP contribution in [0.4, 0.5) is 0 Å². The molecule has 0 aromatic rings. The zero-order valence-electron chi connectivity index (χ0n) is 16.5. The van der Waals surface area contributed by atoms with Crippen molar-refractivity contribution in [3.63, 3.8) is 0 Å². The molecule has 0 bridgehead atoms. The minimum absolute atomic E-state index is 0. The van der Waals surface area contributed by atoms with Gasteiger partial charge in [-0.05, 0) is 6.42 Å². The van der Waals surface area contributed by atoms with Crippen LogP contribution >= 0.6 is 0 Å². The normalized spacial score (nSPS) is 9.43. The summed E-state index contributed by atoms with van der Waals surface area (Å²) >= 11 is 0. The summed E-state index contributed by atoms with van der Waals surface area (Å²) in [5, 5.41) is 8.57. The molecule has 116 valence electrons. The van der Waals surface area contributed by atoms with E-state index in [9.17, 15) is 9.59 Å². The Morgan fingerprint density at radius 1 is 0.952 bits per heavy atom. The van der Waals surface area contributed by atoms with Gasteiger partial charge in [0.1, 0.15) is 6.54 Å². The molecule has 6 heteroatoms. The van der Waals surface area contributed by atoms with E-state index < -0.39 is 5.97 Å². The zero-order chi connectivity index (χ0) is 14.5. The molecule has 0 unspecified atom stereocenters. The fourth-order valence-corrected chi connectivity index (χ4v) is 2.07. The van der Waals surface area contributed by atoms with Crippen molar-refractivity contribution in [2.45, 2.75) is 71.1 Å². The molecule has 0 spiro atoms. The number of amides is 1. The number of hydrogen-bond acceptors (Lipinski definition) is 2. The van der Waals surface area contributed by atoms with Crippen LogP contribution in [0.15, 0.2) is 0 Å². The second-order valence-electron chi connectivity index (χ2n) is 5.22. The molecule has 0 aliphatic rings. The number of hydrogen-bond donors (Lipinski definition) is 1. The van der Waals surface area contributed by atoms with Crippen LogP contribution < -0.4 is 80.9 Å². The molecule has 21 heavy (non-hydrogen) atoms. The first-order valence-corrected chi connectivity index (χ1v) is 7.53. The van der Waals surface area contributed by atoms with Gasteiger partial charge in [-0.25, -0.2) is 0 Å². The second-order valence-corrected chi connectivity index (χ2v) is 5.22. The average Bonchev–Trinajstić information content (AvgIpc) is 2.35. The Bertz CT molecular complexity index is 275. The smallest absolute Gasteiger partial charge is 1.00 e. The summed E-state index contributed by atoms with van der Waals surface area (Å²) in [6.45, 7) is 2.02. The van der Waals surface area contributed by atoms with E-state index >= 15 is 0 Å². The van der Waals surface area contributed by atoms with E-state index in [0.717, 1.165) is 12.8 Å². The van der Waals surface area contributed by atoms with Crippen molar-refractivity contribution in [3.05, 3.63) is 0 Å². The topological polar surface area (TPSA) is 57.6 Å². The molecule has 0 rings (SSSR count). The maximum absolute atomic E-state index is 11.5. The predicted molar refractivity (Wildman–Crippen MR) is 79.3 cm³/mol. The number of carboxylic acid groups (broad SMARTS) is 1. The number of carbonyl (C=O) groups excluding carboxylic acids is 1. The fourth-order valence-electron chi connectivity index (χ4n) is 2.07. The minimum Gasteiger partial charge on any atom is -1.00 e. The molecule has 0 aromatic heterocycles. The number of nitrogens with zero attached hydrogens (tertiary/aromatic N) is 1. The molecule has 0 aliphatic carbocycles. The van der Waals surface area contributed by atoms with Crippen molar-refractivity contribution in [1.29, 1.82) is 0 Å². The first kappa shape index (κ1) is 27.4. The van der Waals surface area contributed by atoms with E-state index in [2.05, 4.69) is 6.92 Å². The Labute approximate surface area is 197 Å². The van der Waals surface area contributed by atoms with E-state index in [1.54, 1.807) is 7.05 Å². The van der Waals surface area contributed by atoms with Crippen LogP contribution in [0.3, 0.4) is 0 Å². The van der Waals surface area contributed by atoms with E-state index in [0.29, 0.717) is 6.42 Å². The van der Waals surface area contributed by atoms with Gasteiger partial charge in [0.05, 0.1) is 0 Å². The van der Waals surface area contributed by atoms with Crippen LogP contribution in [0.1, 0.15) is 74.0 Å². The molecule has 0 aromatic carbocycles. The monoisotopic (exact) mass is 335 g/mol. The van der Waals surface area contributed by atoms with Gasteiger partial charge in [0.15, 0.2) is 0 Å². The molecule has 1 N–H and O–H groups in total. The number of carboxylic acids is 1. The maximum atomic E-state index is 11.5. The third-order valence-corrected chi connectivity index (χ3v) is 3.29. The molecule has 0 saturated carbocycles. The van der Waals surface area contributed by atoms with Gasteiger partial charge in [-0.3, -0.25) is 9.59 Å². The number of rotatable bonds is 12. The summed E-state index contributed by atoms with van der Waals surface area (Å²) in [5.41, 5.74) is 0. The molecule has 4 nitrogen and oxygen atoms in total. The van der Waals surface area contributed by atoms with E-state index in [1.165, 1.54) is 49.8 Å². The van der Waals surface area contributed by atoms with Crippen LogP contribution in [0, 0.1) is 0 Å². The Kier molecular flexibility index (Phi) is 25.6.